The van der Waals surface area contributed by atoms with E-state index < -0.39 is 11.9 Å². The average molecular weight is 721 g/mol. The number of hydrogen-bond donors (Lipinski definition) is 2. The molecule has 0 heterocycles. The Bertz CT molecular complexity index is 803. The summed E-state index contributed by atoms with van der Waals surface area (Å²) in [4.78, 5) is 20.6. The van der Waals surface area contributed by atoms with Crippen LogP contribution in [0.25, 0.3) is 0 Å². The quantitative estimate of drug-likeness (QED) is 0.0479. The van der Waals surface area contributed by atoms with E-state index in [2.05, 4.69) is 111 Å². The van der Waals surface area contributed by atoms with Gasteiger partial charge in [-0.05, 0) is 89.9 Å². The first-order valence-electron chi connectivity index (χ1n) is 17.2. The summed E-state index contributed by atoms with van der Waals surface area (Å²) in [6.07, 6.45) is 54.7. The zero-order valence-corrected chi connectivity index (χ0v) is 32.8. The van der Waals surface area contributed by atoms with Crippen molar-refractivity contribution < 1.29 is 47.1 Å². The largest absolute Gasteiger partial charge is 0.481 e. The summed E-state index contributed by atoms with van der Waals surface area (Å²) in [5.41, 5.74) is 0. The number of hydrogen-bond acceptors (Lipinski definition) is 2. The number of carboxylic acids is 2. The molecule has 0 aliphatic heterocycles. The second-order valence-corrected chi connectivity index (χ2v) is 10.7. The van der Waals surface area contributed by atoms with E-state index in [0.29, 0.717) is 0 Å². The molecule has 0 saturated carbocycles. The third kappa shape index (κ3) is 51.6. The summed E-state index contributed by atoms with van der Waals surface area (Å²) < 4.78 is 0. The van der Waals surface area contributed by atoms with Crippen LogP contribution in [0.4, 0.5) is 0 Å². The third-order valence-corrected chi connectivity index (χ3v) is 6.44. The smallest absolute Gasteiger partial charge is 0.303 e. The van der Waals surface area contributed by atoms with Crippen molar-refractivity contribution in [1.82, 2.24) is 0 Å². The van der Waals surface area contributed by atoms with E-state index in [1.165, 1.54) is 51.4 Å². The number of aliphatic carboxylic acids is 2. The van der Waals surface area contributed by atoms with E-state index in [9.17, 15) is 9.59 Å². The molecule has 0 spiro atoms. The van der Waals surface area contributed by atoms with Gasteiger partial charge in [0.1, 0.15) is 0 Å². The van der Waals surface area contributed by atoms with Crippen LogP contribution in [0.1, 0.15) is 142 Å². The Balaban J connectivity index is -0.000000767. The normalized spacial score (nSPS) is 12.1. The molecule has 45 heavy (non-hydrogen) atoms. The number of carbonyl (C=O) groups is 2. The van der Waals surface area contributed by atoms with Gasteiger partial charge < -0.3 is 10.2 Å². The molecule has 0 aromatic rings. The minimum Gasteiger partial charge on any atom is -0.481 e. The monoisotopic (exact) mass is 722 g/mol. The fourth-order valence-corrected chi connectivity index (χ4v) is 3.86. The molecule has 0 saturated heterocycles. The van der Waals surface area contributed by atoms with Crippen molar-refractivity contribution in [3.8, 4) is 0 Å². The minimum atomic E-state index is -0.712. The molecule has 2 N–H and O–H groups in total. The molecular weight excluding hydrogens is 657 g/mol. The topological polar surface area (TPSA) is 74.6 Å². The van der Waals surface area contributed by atoms with Crippen LogP contribution in [-0.2, 0) is 36.9 Å². The Morgan fingerprint density at radius 3 is 0.822 bits per heavy atom. The molecule has 0 radical (unpaired) electrons. The maximum absolute atomic E-state index is 10.3. The van der Waals surface area contributed by atoms with Crippen molar-refractivity contribution >= 4 is 11.9 Å². The first kappa shape index (κ1) is 47.2. The molecule has 0 unspecified atom stereocenters. The molecule has 0 fully saturated rings. The van der Waals surface area contributed by atoms with E-state index in [0.717, 1.165) is 64.2 Å². The molecule has 4 nitrogen and oxygen atoms in total. The Morgan fingerprint density at radius 2 is 0.600 bits per heavy atom. The van der Waals surface area contributed by atoms with E-state index in [4.69, 9.17) is 10.2 Å². The summed E-state index contributed by atoms with van der Waals surface area (Å²) in [5.74, 6) is -1.42. The molecular formula is C40H64CdO4. The standard InChI is InChI=1S/2C20H32O2.Cd/c2*1-2-3-4-5-6-7-8-9-10-11-12-13-14-15-16-17-18-19-20(21)22;/h2*6-7,9-10,12-13,15-16H,2-5,8,11,14,17-19H2,1H3,(H,21,22);/b2*7-6-,10-9-,13-12-,16-15-;. The van der Waals surface area contributed by atoms with Crippen LogP contribution >= 0.6 is 0 Å². The van der Waals surface area contributed by atoms with Crippen LogP contribution in [0.5, 0.6) is 0 Å². The van der Waals surface area contributed by atoms with Gasteiger partial charge in [0, 0.05) is 40.1 Å². The van der Waals surface area contributed by atoms with Crippen LogP contribution in [0.3, 0.4) is 0 Å². The minimum absolute atomic E-state index is 0. The van der Waals surface area contributed by atoms with Crippen LogP contribution in [-0.4, -0.2) is 22.2 Å². The predicted molar refractivity (Wildman–Crippen MR) is 192 cm³/mol. The number of allylic oxidation sites excluding steroid dienone is 16. The predicted octanol–water partition coefficient (Wildman–Crippen LogP) is 12.4. The van der Waals surface area contributed by atoms with Crippen molar-refractivity contribution in [1.29, 1.82) is 0 Å². The van der Waals surface area contributed by atoms with Gasteiger partial charge >= 0.3 is 11.9 Å². The van der Waals surface area contributed by atoms with Gasteiger partial charge in [0.05, 0.1) is 0 Å². The molecule has 0 rings (SSSR count). The molecule has 0 bridgehead atoms. The molecule has 0 aliphatic carbocycles. The van der Waals surface area contributed by atoms with Gasteiger partial charge in [0.25, 0.3) is 0 Å². The number of unbranched alkanes of at least 4 members (excludes halogenated alkanes) is 8. The van der Waals surface area contributed by atoms with Crippen LogP contribution < -0.4 is 0 Å². The van der Waals surface area contributed by atoms with Crippen molar-refractivity contribution in [2.24, 2.45) is 0 Å². The number of rotatable bonds is 28. The van der Waals surface area contributed by atoms with E-state index >= 15 is 0 Å². The Kier molecular flexibility index (Phi) is 46.0. The SMILES string of the molecule is CCCCC/C=C\C/C=C\C/C=C\C/C=C\CCCC(=O)O.CCCCC/C=C\C/C=C\C/C=C\C/C=C\CCCC(=O)O.[Cd]. The van der Waals surface area contributed by atoms with Crippen LogP contribution in [0, 0.1) is 0 Å². The summed E-state index contributed by atoms with van der Waals surface area (Å²) in [6, 6.07) is 0. The Labute approximate surface area is 297 Å². The molecule has 5 heteroatoms. The van der Waals surface area contributed by atoms with Gasteiger partial charge in [-0.15, -0.1) is 0 Å². The molecule has 0 aromatic heterocycles. The van der Waals surface area contributed by atoms with Gasteiger partial charge in [0.15, 0.2) is 0 Å². The molecule has 250 valence electrons. The maximum atomic E-state index is 10.3. The second kappa shape index (κ2) is 43.9. The van der Waals surface area contributed by atoms with Gasteiger partial charge in [-0.3, -0.25) is 9.59 Å². The average Bonchev–Trinajstić information content (AvgIpc) is 3.00. The Hall–Kier alpha value is -2.22. The van der Waals surface area contributed by atoms with E-state index in [1.54, 1.807) is 0 Å². The fourth-order valence-electron chi connectivity index (χ4n) is 3.86. The van der Waals surface area contributed by atoms with Crippen molar-refractivity contribution in [2.45, 2.75) is 142 Å². The third-order valence-electron chi connectivity index (χ3n) is 6.44. The van der Waals surface area contributed by atoms with Gasteiger partial charge in [-0.1, -0.05) is 137 Å². The summed E-state index contributed by atoms with van der Waals surface area (Å²) in [7, 11) is 0. The summed E-state index contributed by atoms with van der Waals surface area (Å²) in [6.45, 7) is 4.46. The zero-order chi connectivity index (χ0) is 32.6. The second-order valence-electron chi connectivity index (χ2n) is 10.7. The first-order chi connectivity index (χ1) is 21.5. The first-order valence-corrected chi connectivity index (χ1v) is 17.2. The van der Waals surface area contributed by atoms with Gasteiger partial charge in [-0.25, -0.2) is 0 Å². The molecule has 0 aromatic carbocycles. The number of carboxylic acid groups (broad SMARTS) is 2. The maximum Gasteiger partial charge on any atom is 0.303 e. The van der Waals surface area contributed by atoms with Crippen LogP contribution in [0.15, 0.2) is 97.2 Å². The summed E-state index contributed by atoms with van der Waals surface area (Å²) >= 11 is 0. The van der Waals surface area contributed by atoms with Gasteiger partial charge in [0.2, 0.25) is 0 Å². The van der Waals surface area contributed by atoms with E-state index in [-0.39, 0.29) is 40.1 Å². The zero-order valence-electron chi connectivity index (χ0n) is 28.8. The van der Waals surface area contributed by atoms with Crippen molar-refractivity contribution in [3.05, 3.63) is 97.2 Å². The van der Waals surface area contributed by atoms with Crippen molar-refractivity contribution in [3.63, 3.8) is 0 Å². The summed E-state index contributed by atoms with van der Waals surface area (Å²) in [5, 5.41) is 17.0. The molecule has 0 atom stereocenters. The van der Waals surface area contributed by atoms with E-state index in [1.807, 2.05) is 0 Å². The van der Waals surface area contributed by atoms with Crippen LogP contribution in [0.2, 0.25) is 0 Å². The van der Waals surface area contributed by atoms with Crippen molar-refractivity contribution in [2.75, 3.05) is 0 Å². The molecule has 0 aliphatic rings. The Morgan fingerprint density at radius 1 is 0.378 bits per heavy atom. The van der Waals surface area contributed by atoms with Gasteiger partial charge in [-0.2, -0.15) is 0 Å². The fraction of sp³-hybridized carbons (Fsp3) is 0.550. The molecule has 0 amide bonds.